The molecule has 2 rings (SSSR count). The Morgan fingerprint density at radius 3 is 2.45 bits per heavy atom. The monoisotopic (exact) mass is 401 g/mol. The highest BCUT2D eigenvalue weighted by atomic mass is 16.5. The number of hydrogen-bond donors (Lipinski definition) is 1. The number of methoxy groups -OCH3 is 1. The number of carbonyl (C=O) groups excluding carboxylic acids is 2. The Morgan fingerprint density at radius 1 is 1.17 bits per heavy atom. The summed E-state index contributed by atoms with van der Waals surface area (Å²) in [5.74, 6) is 0.194. The molecule has 158 valence electrons. The van der Waals surface area contributed by atoms with E-state index < -0.39 is 0 Å². The molecule has 0 aliphatic rings. The van der Waals surface area contributed by atoms with E-state index in [1.54, 1.807) is 12.1 Å². The van der Waals surface area contributed by atoms with Crippen LogP contribution in [0, 0.1) is 5.92 Å². The van der Waals surface area contributed by atoms with Crippen molar-refractivity contribution in [2.24, 2.45) is 5.92 Å². The molecule has 2 amide bonds. The molecule has 1 atom stereocenters. The molecule has 0 saturated carbocycles. The topological polar surface area (TPSA) is 75.0 Å². The molecule has 2 aromatic rings. The predicted molar refractivity (Wildman–Crippen MR) is 114 cm³/mol. The van der Waals surface area contributed by atoms with Gasteiger partial charge in [0.2, 0.25) is 5.91 Å². The number of rotatable bonds is 9. The quantitative estimate of drug-likeness (QED) is 0.695. The second-order valence-electron chi connectivity index (χ2n) is 7.61. The first-order valence-electron chi connectivity index (χ1n) is 9.68. The number of anilines is 2. The molecule has 1 N–H and O–H groups in total. The van der Waals surface area contributed by atoms with Gasteiger partial charge >= 0.3 is 0 Å². The highest BCUT2D eigenvalue weighted by Gasteiger charge is 2.26. The molecule has 0 aliphatic carbocycles. The van der Waals surface area contributed by atoms with Crippen molar-refractivity contribution in [2.75, 3.05) is 38.0 Å². The fourth-order valence-electron chi connectivity index (χ4n) is 3.04. The van der Waals surface area contributed by atoms with Crippen molar-refractivity contribution in [3.8, 4) is 0 Å². The van der Waals surface area contributed by atoms with Crippen molar-refractivity contribution in [1.82, 2.24) is 4.90 Å². The first kappa shape index (κ1) is 22.5. The highest BCUT2D eigenvalue weighted by molar-refractivity contribution is 5.93. The van der Waals surface area contributed by atoms with Crippen molar-refractivity contribution >= 4 is 23.2 Å². The fraction of sp³-hybridized carbons (Fsp3) is 0.455. The average molecular weight is 402 g/mol. The second-order valence-corrected chi connectivity index (χ2v) is 7.61. The van der Waals surface area contributed by atoms with Crippen molar-refractivity contribution < 1.29 is 18.7 Å². The zero-order valence-electron chi connectivity index (χ0n) is 18.1. The van der Waals surface area contributed by atoms with Crippen LogP contribution in [0.3, 0.4) is 0 Å². The molecule has 0 bridgehead atoms. The van der Waals surface area contributed by atoms with E-state index in [1.807, 2.05) is 49.0 Å². The second kappa shape index (κ2) is 10.1. The SMILES string of the molecule is COCC(=O)Nc1ccc(N(C)C)c(CN(C(=O)c2ccco2)[C@H](C)C(C)C)c1. The van der Waals surface area contributed by atoms with Gasteiger partial charge in [0.25, 0.3) is 5.91 Å². The summed E-state index contributed by atoms with van der Waals surface area (Å²) >= 11 is 0. The van der Waals surface area contributed by atoms with Gasteiger partial charge in [0.15, 0.2) is 5.76 Å². The Morgan fingerprint density at radius 2 is 1.90 bits per heavy atom. The number of hydrogen-bond acceptors (Lipinski definition) is 5. The van der Waals surface area contributed by atoms with Gasteiger partial charge in [-0.25, -0.2) is 0 Å². The molecule has 1 aromatic heterocycles. The van der Waals surface area contributed by atoms with Crippen LogP contribution in [-0.2, 0) is 16.1 Å². The van der Waals surface area contributed by atoms with E-state index in [9.17, 15) is 9.59 Å². The Balaban J connectivity index is 2.39. The normalized spacial score (nSPS) is 12.0. The summed E-state index contributed by atoms with van der Waals surface area (Å²) in [7, 11) is 5.38. The molecule has 0 aliphatic heterocycles. The number of ether oxygens (including phenoxy) is 1. The maximum absolute atomic E-state index is 13.1. The molecule has 0 fully saturated rings. The zero-order chi connectivity index (χ0) is 21.6. The maximum atomic E-state index is 13.1. The van der Waals surface area contributed by atoms with Gasteiger partial charge in [-0.05, 0) is 48.7 Å². The van der Waals surface area contributed by atoms with Gasteiger partial charge in [-0.3, -0.25) is 9.59 Å². The van der Waals surface area contributed by atoms with Crippen molar-refractivity contribution in [3.63, 3.8) is 0 Å². The summed E-state index contributed by atoms with van der Waals surface area (Å²) in [6, 6.07) is 9.07. The smallest absolute Gasteiger partial charge is 0.290 e. The molecular formula is C22H31N3O4. The van der Waals surface area contributed by atoms with E-state index in [-0.39, 0.29) is 30.4 Å². The van der Waals surface area contributed by atoms with Crippen molar-refractivity contribution in [2.45, 2.75) is 33.4 Å². The van der Waals surface area contributed by atoms with Crippen LogP contribution >= 0.6 is 0 Å². The third kappa shape index (κ3) is 5.84. The Labute approximate surface area is 172 Å². The maximum Gasteiger partial charge on any atom is 0.290 e. The first-order valence-corrected chi connectivity index (χ1v) is 9.68. The first-order chi connectivity index (χ1) is 13.7. The van der Waals surface area contributed by atoms with Crippen molar-refractivity contribution in [1.29, 1.82) is 0 Å². The third-order valence-corrected chi connectivity index (χ3v) is 4.91. The lowest BCUT2D eigenvalue weighted by molar-refractivity contribution is -0.119. The average Bonchev–Trinajstić information content (AvgIpc) is 3.19. The summed E-state index contributed by atoms with van der Waals surface area (Å²) in [4.78, 5) is 28.8. The minimum Gasteiger partial charge on any atom is -0.459 e. The lowest BCUT2D eigenvalue weighted by atomic mass is 10.0. The van der Waals surface area contributed by atoms with Gasteiger partial charge < -0.3 is 24.3 Å². The molecule has 0 saturated heterocycles. The molecule has 0 spiro atoms. The van der Waals surface area contributed by atoms with Crippen molar-refractivity contribution in [3.05, 3.63) is 47.9 Å². The van der Waals surface area contributed by atoms with Crippen LogP contribution in [0.15, 0.2) is 41.0 Å². The molecular weight excluding hydrogens is 370 g/mol. The van der Waals surface area contributed by atoms with Gasteiger partial charge in [-0.1, -0.05) is 13.8 Å². The number of nitrogens with zero attached hydrogens (tertiary/aromatic N) is 2. The number of furan rings is 1. The molecule has 0 unspecified atom stereocenters. The Bertz CT molecular complexity index is 815. The third-order valence-electron chi connectivity index (χ3n) is 4.91. The molecule has 7 nitrogen and oxygen atoms in total. The van der Waals surface area contributed by atoms with E-state index in [2.05, 4.69) is 19.2 Å². The Kier molecular flexibility index (Phi) is 7.84. The van der Waals surface area contributed by atoms with E-state index in [0.29, 0.717) is 18.0 Å². The molecule has 1 aromatic carbocycles. The summed E-state index contributed by atoms with van der Waals surface area (Å²) in [5, 5.41) is 2.83. The van der Waals surface area contributed by atoms with Gasteiger partial charge in [0, 0.05) is 45.2 Å². The zero-order valence-corrected chi connectivity index (χ0v) is 18.1. The molecule has 0 radical (unpaired) electrons. The highest BCUT2D eigenvalue weighted by Crippen LogP contribution is 2.27. The Hall–Kier alpha value is -2.80. The summed E-state index contributed by atoms with van der Waals surface area (Å²) in [6.07, 6.45) is 1.50. The van der Waals surface area contributed by atoms with Crippen LogP contribution in [0.1, 0.15) is 36.9 Å². The van der Waals surface area contributed by atoms with Crippen LogP contribution in [0.4, 0.5) is 11.4 Å². The van der Waals surface area contributed by atoms with E-state index >= 15 is 0 Å². The molecule has 29 heavy (non-hydrogen) atoms. The fourth-order valence-corrected chi connectivity index (χ4v) is 3.04. The minimum atomic E-state index is -0.227. The van der Waals surface area contributed by atoms with Crippen LogP contribution in [0.5, 0.6) is 0 Å². The van der Waals surface area contributed by atoms with Crippen LogP contribution < -0.4 is 10.2 Å². The largest absolute Gasteiger partial charge is 0.459 e. The van der Waals surface area contributed by atoms with Gasteiger partial charge in [0.1, 0.15) is 6.61 Å². The number of carbonyl (C=O) groups is 2. The summed E-state index contributed by atoms with van der Waals surface area (Å²) < 4.78 is 10.2. The predicted octanol–water partition coefficient (Wildman–Crippen LogP) is 3.62. The van der Waals surface area contributed by atoms with Crippen LogP contribution in [0.2, 0.25) is 0 Å². The number of amides is 2. The van der Waals surface area contributed by atoms with Gasteiger partial charge in [-0.15, -0.1) is 0 Å². The number of nitrogens with one attached hydrogen (secondary N) is 1. The minimum absolute atomic E-state index is 0.00523. The summed E-state index contributed by atoms with van der Waals surface area (Å²) in [5.41, 5.74) is 2.57. The summed E-state index contributed by atoms with van der Waals surface area (Å²) in [6.45, 7) is 6.58. The van der Waals surface area contributed by atoms with Gasteiger partial charge in [0.05, 0.1) is 6.26 Å². The standard InChI is InChI=1S/C22H31N3O4/c1-15(2)16(3)25(22(27)20-8-7-11-29-20)13-17-12-18(23-21(26)14-28-6)9-10-19(17)24(4)5/h7-12,15-16H,13-14H2,1-6H3,(H,23,26)/t16-/m1/s1. The lowest BCUT2D eigenvalue weighted by Gasteiger charge is -2.32. The van der Waals surface area contributed by atoms with Crippen LogP contribution in [0.25, 0.3) is 0 Å². The van der Waals surface area contributed by atoms with Gasteiger partial charge in [-0.2, -0.15) is 0 Å². The van der Waals surface area contributed by atoms with E-state index in [0.717, 1.165) is 11.3 Å². The van der Waals surface area contributed by atoms with Crippen LogP contribution in [-0.4, -0.2) is 50.6 Å². The molecule has 7 heteroatoms. The van der Waals surface area contributed by atoms with E-state index in [1.165, 1.54) is 13.4 Å². The number of benzene rings is 1. The van der Waals surface area contributed by atoms with E-state index in [4.69, 9.17) is 9.15 Å². The lowest BCUT2D eigenvalue weighted by Crippen LogP contribution is -2.41. The molecule has 1 heterocycles.